The van der Waals surface area contributed by atoms with Gasteiger partial charge in [0.2, 0.25) is 11.8 Å². The first kappa shape index (κ1) is 22.1. The van der Waals surface area contributed by atoms with E-state index in [4.69, 9.17) is 14.2 Å². The molecule has 0 unspecified atom stereocenters. The molecule has 2 amide bonds. The summed E-state index contributed by atoms with van der Waals surface area (Å²) < 4.78 is 16.6. The zero-order valence-electron chi connectivity index (χ0n) is 16.4. The minimum atomic E-state index is -0.940. The van der Waals surface area contributed by atoms with Crippen molar-refractivity contribution in [1.82, 2.24) is 9.97 Å². The lowest BCUT2D eigenvalue weighted by Gasteiger charge is -2.27. The third-order valence-corrected chi connectivity index (χ3v) is 2.94. The number of carbonyl (C=O) groups excluding carboxylic acids is 2. The first-order valence-electron chi connectivity index (χ1n) is 8.15. The normalized spacial score (nSPS) is 11.9. The molecule has 0 spiro atoms. The molecular formula is C17H26BrN3O5. The SMILES string of the molecule is CC(C)Oc1nc(N(C(=O)OC(C)(C)C)C(=O)OC(C)(C)C)ncc1Br. The predicted octanol–water partition coefficient (Wildman–Crippen LogP) is 4.70. The third kappa shape index (κ3) is 7.15. The van der Waals surface area contributed by atoms with Gasteiger partial charge in [-0.1, -0.05) is 0 Å². The van der Waals surface area contributed by atoms with Gasteiger partial charge in [0.1, 0.15) is 11.2 Å². The van der Waals surface area contributed by atoms with Gasteiger partial charge in [0.25, 0.3) is 0 Å². The molecule has 0 aliphatic heterocycles. The summed E-state index contributed by atoms with van der Waals surface area (Å²) in [5, 5.41) is 0. The number of halogens is 1. The fourth-order valence-corrected chi connectivity index (χ4v) is 1.89. The van der Waals surface area contributed by atoms with Gasteiger partial charge < -0.3 is 14.2 Å². The fraction of sp³-hybridized carbons (Fsp3) is 0.647. The van der Waals surface area contributed by atoms with Crippen LogP contribution in [0.25, 0.3) is 0 Å². The molecule has 8 nitrogen and oxygen atoms in total. The highest BCUT2D eigenvalue weighted by Gasteiger charge is 2.35. The summed E-state index contributed by atoms with van der Waals surface area (Å²) in [7, 11) is 0. The summed E-state index contributed by atoms with van der Waals surface area (Å²) in [6, 6.07) is 0. The van der Waals surface area contributed by atoms with Crippen LogP contribution in [-0.2, 0) is 9.47 Å². The lowest BCUT2D eigenvalue weighted by Crippen LogP contribution is -2.44. The summed E-state index contributed by atoms with van der Waals surface area (Å²) in [4.78, 5) is 34.0. The summed E-state index contributed by atoms with van der Waals surface area (Å²) in [6.45, 7) is 13.8. The topological polar surface area (TPSA) is 90.8 Å². The molecule has 0 aliphatic carbocycles. The molecule has 26 heavy (non-hydrogen) atoms. The van der Waals surface area contributed by atoms with Crippen LogP contribution < -0.4 is 9.64 Å². The minimum absolute atomic E-state index is 0.162. The highest BCUT2D eigenvalue weighted by Crippen LogP contribution is 2.26. The largest absolute Gasteiger partial charge is 0.474 e. The number of amides is 2. The van der Waals surface area contributed by atoms with E-state index < -0.39 is 23.4 Å². The lowest BCUT2D eigenvalue weighted by atomic mass is 10.2. The molecule has 0 aliphatic rings. The van der Waals surface area contributed by atoms with Crippen LogP contribution in [-0.4, -0.2) is 39.5 Å². The van der Waals surface area contributed by atoms with Crippen molar-refractivity contribution in [2.24, 2.45) is 0 Å². The molecule has 9 heteroatoms. The molecule has 1 aromatic rings. The molecule has 0 saturated carbocycles. The lowest BCUT2D eigenvalue weighted by molar-refractivity contribution is 0.0427. The zero-order valence-corrected chi connectivity index (χ0v) is 18.0. The number of rotatable bonds is 3. The maximum atomic E-state index is 12.6. The Morgan fingerprint density at radius 3 is 1.88 bits per heavy atom. The van der Waals surface area contributed by atoms with E-state index in [1.165, 1.54) is 6.20 Å². The van der Waals surface area contributed by atoms with E-state index in [2.05, 4.69) is 25.9 Å². The minimum Gasteiger partial charge on any atom is -0.474 e. The first-order valence-corrected chi connectivity index (χ1v) is 8.94. The van der Waals surface area contributed by atoms with Crippen LogP contribution in [0.5, 0.6) is 5.88 Å². The Labute approximate surface area is 162 Å². The number of imide groups is 1. The number of nitrogens with zero attached hydrogens (tertiary/aromatic N) is 3. The van der Waals surface area contributed by atoms with E-state index in [0.29, 0.717) is 9.37 Å². The van der Waals surface area contributed by atoms with Crippen molar-refractivity contribution in [2.75, 3.05) is 4.90 Å². The van der Waals surface area contributed by atoms with Crippen molar-refractivity contribution in [3.63, 3.8) is 0 Å². The fourth-order valence-electron chi connectivity index (χ4n) is 1.61. The average Bonchev–Trinajstić information content (AvgIpc) is 2.37. The molecule has 0 radical (unpaired) electrons. The van der Waals surface area contributed by atoms with E-state index in [1.807, 2.05) is 13.8 Å². The maximum Gasteiger partial charge on any atom is 0.427 e. The molecule has 0 aromatic carbocycles. The Hall–Kier alpha value is -1.90. The Kier molecular flexibility index (Phi) is 6.98. The Morgan fingerprint density at radius 2 is 1.50 bits per heavy atom. The highest BCUT2D eigenvalue weighted by molar-refractivity contribution is 9.10. The van der Waals surface area contributed by atoms with Gasteiger partial charge in [-0.25, -0.2) is 14.6 Å². The van der Waals surface area contributed by atoms with Crippen LogP contribution in [0.2, 0.25) is 0 Å². The van der Waals surface area contributed by atoms with Gasteiger partial charge in [0.05, 0.1) is 16.8 Å². The summed E-state index contributed by atoms with van der Waals surface area (Å²) in [5.74, 6) is -0.00512. The standard InChI is InChI=1S/C17H26BrN3O5/c1-10(2)24-12-11(18)9-19-13(20-12)21(14(22)25-16(3,4)5)15(23)26-17(6,7)8/h9-10H,1-8H3. The zero-order chi connectivity index (χ0) is 20.3. The molecule has 1 aromatic heterocycles. The van der Waals surface area contributed by atoms with Crippen molar-refractivity contribution < 1.29 is 23.8 Å². The van der Waals surface area contributed by atoms with Gasteiger partial charge in [-0.15, -0.1) is 4.90 Å². The van der Waals surface area contributed by atoms with Crippen molar-refractivity contribution in [3.8, 4) is 5.88 Å². The second-order valence-corrected chi connectivity index (χ2v) is 8.64. The van der Waals surface area contributed by atoms with Crippen LogP contribution in [0.15, 0.2) is 10.7 Å². The summed E-state index contributed by atoms with van der Waals surface area (Å²) in [5.41, 5.74) is -1.63. The van der Waals surface area contributed by atoms with Crippen molar-refractivity contribution in [1.29, 1.82) is 0 Å². The van der Waals surface area contributed by atoms with Gasteiger partial charge in [0.15, 0.2) is 0 Å². The van der Waals surface area contributed by atoms with E-state index in [-0.39, 0.29) is 17.9 Å². The highest BCUT2D eigenvalue weighted by atomic mass is 79.9. The van der Waals surface area contributed by atoms with Crippen LogP contribution in [0.3, 0.4) is 0 Å². The summed E-state index contributed by atoms with van der Waals surface area (Å²) >= 11 is 3.28. The van der Waals surface area contributed by atoms with Crippen LogP contribution >= 0.6 is 15.9 Å². The van der Waals surface area contributed by atoms with Crippen LogP contribution in [0.4, 0.5) is 15.5 Å². The molecule has 1 rings (SSSR count). The second kappa shape index (κ2) is 8.20. The molecule has 146 valence electrons. The van der Waals surface area contributed by atoms with Gasteiger partial charge in [-0.2, -0.15) is 4.98 Å². The van der Waals surface area contributed by atoms with Crippen LogP contribution in [0, 0.1) is 0 Å². The van der Waals surface area contributed by atoms with Crippen molar-refractivity contribution >= 4 is 34.1 Å². The van der Waals surface area contributed by atoms with Gasteiger partial charge >= 0.3 is 12.2 Å². The Balaban J connectivity index is 3.31. The van der Waals surface area contributed by atoms with Gasteiger partial charge in [0, 0.05) is 0 Å². The monoisotopic (exact) mass is 431 g/mol. The number of hydrogen-bond donors (Lipinski definition) is 0. The second-order valence-electron chi connectivity index (χ2n) is 7.79. The van der Waals surface area contributed by atoms with Crippen molar-refractivity contribution in [2.45, 2.75) is 72.7 Å². The quantitative estimate of drug-likeness (QED) is 0.684. The molecule has 0 saturated heterocycles. The molecule has 0 N–H and O–H groups in total. The van der Waals surface area contributed by atoms with Crippen molar-refractivity contribution in [3.05, 3.63) is 10.7 Å². The molecule has 0 fully saturated rings. The van der Waals surface area contributed by atoms with E-state index >= 15 is 0 Å². The molecule has 0 bridgehead atoms. The maximum absolute atomic E-state index is 12.6. The van der Waals surface area contributed by atoms with E-state index in [0.717, 1.165) is 0 Å². The number of ether oxygens (including phenoxy) is 3. The number of aromatic nitrogens is 2. The first-order chi connectivity index (χ1) is 11.7. The molecule has 0 atom stereocenters. The van der Waals surface area contributed by atoms with Gasteiger partial charge in [-0.3, -0.25) is 0 Å². The third-order valence-electron chi connectivity index (χ3n) is 2.40. The predicted molar refractivity (Wildman–Crippen MR) is 100 cm³/mol. The van der Waals surface area contributed by atoms with Crippen LogP contribution in [0.1, 0.15) is 55.4 Å². The van der Waals surface area contributed by atoms with E-state index in [1.54, 1.807) is 41.5 Å². The number of carbonyl (C=O) groups is 2. The molecule has 1 heterocycles. The number of hydrogen-bond acceptors (Lipinski definition) is 7. The van der Waals surface area contributed by atoms with E-state index in [9.17, 15) is 9.59 Å². The Bertz CT molecular complexity index is 637. The average molecular weight is 432 g/mol. The molecular weight excluding hydrogens is 406 g/mol. The smallest absolute Gasteiger partial charge is 0.427 e. The summed E-state index contributed by atoms with van der Waals surface area (Å²) in [6.07, 6.45) is -0.651. The number of anilines is 1. The Morgan fingerprint density at radius 1 is 1.04 bits per heavy atom. The van der Waals surface area contributed by atoms with Gasteiger partial charge in [-0.05, 0) is 71.3 Å².